The molecular formula is C13H17N3. The molecule has 0 fully saturated rings. The second kappa shape index (κ2) is 4.94. The van der Waals surface area contributed by atoms with Crippen molar-refractivity contribution in [1.82, 2.24) is 9.78 Å². The number of aryl methyl sites for hydroxylation is 1. The zero-order valence-corrected chi connectivity index (χ0v) is 9.50. The van der Waals surface area contributed by atoms with Crippen LogP contribution in [0.15, 0.2) is 42.6 Å². The molecule has 0 aliphatic carbocycles. The number of hydrogen-bond acceptors (Lipinski definition) is 2. The third-order valence-electron chi connectivity index (χ3n) is 2.93. The first-order valence-corrected chi connectivity index (χ1v) is 5.53. The van der Waals surface area contributed by atoms with Gasteiger partial charge in [0.1, 0.15) is 0 Å². The molecule has 1 heterocycles. The first kappa shape index (κ1) is 10.9. The van der Waals surface area contributed by atoms with Crippen LogP contribution in [-0.4, -0.2) is 16.3 Å². The maximum atomic E-state index is 5.84. The topological polar surface area (TPSA) is 43.8 Å². The van der Waals surface area contributed by atoms with Gasteiger partial charge in [0.2, 0.25) is 0 Å². The standard InChI is InChI=1S/C13H17N3/c1-16-13(7-8-15-16)9-12(10-14)11-5-3-2-4-6-11/h2-8,12H,9-10,14H2,1H3. The van der Waals surface area contributed by atoms with Gasteiger partial charge < -0.3 is 5.73 Å². The SMILES string of the molecule is Cn1nccc1CC(CN)c1ccccc1. The molecule has 0 saturated heterocycles. The summed E-state index contributed by atoms with van der Waals surface area (Å²) in [4.78, 5) is 0. The van der Waals surface area contributed by atoms with E-state index in [1.54, 1.807) is 0 Å². The summed E-state index contributed by atoms with van der Waals surface area (Å²) in [6, 6.07) is 12.5. The first-order valence-electron chi connectivity index (χ1n) is 5.53. The lowest BCUT2D eigenvalue weighted by atomic mass is 9.94. The van der Waals surface area contributed by atoms with Gasteiger partial charge in [-0.15, -0.1) is 0 Å². The summed E-state index contributed by atoms with van der Waals surface area (Å²) in [6.07, 6.45) is 2.77. The van der Waals surface area contributed by atoms with E-state index in [1.165, 1.54) is 11.3 Å². The van der Waals surface area contributed by atoms with E-state index in [1.807, 2.05) is 30.1 Å². The molecule has 1 aromatic heterocycles. The maximum Gasteiger partial charge on any atom is 0.0492 e. The van der Waals surface area contributed by atoms with Gasteiger partial charge in [0.05, 0.1) is 0 Å². The zero-order chi connectivity index (χ0) is 11.4. The summed E-state index contributed by atoms with van der Waals surface area (Å²) in [5.41, 5.74) is 8.36. The van der Waals surface area contributed by atoms with Crippen molar-refractivity contribution in [2.75, 3.05) is 6.54 Å². The molecule has 16 heavy (non-hydrogen) atoms. The van der Waals surface area contributed by atoms with Gasteiger partial charge in [-0.2, -0.15) is 5.10 Å². The lowest BCUT2D eigenvalue weighted by molar-refractivity contribution is 0.630. The van der Waals surface area contributed by atoms with Crippen molar-refractivity contribution < 1.29 is 0 Å². The van der Waals surface area contributed by atoms with Gasteiger partial charge in [0.25, 0.3) is 0 Å². The van der Waals surface area contributed by atoms with Gasteiger partial charge in [-0.05, 0) is 24.6 Å². The minimum atomic E-state index is 0.372. The van der Waals surface area contributed by atoms with Crippen molar-refractivity contribution in [3.8, 4) is 0 Å². The average molecular weight is 215 g/mol. The molecule has 3 heteroatoms. The lowest BCUT2D eigenvalue weighted by Crippen LogP contribution is -2.16. The lowest BCUT2D eigenvalue weighted by Gasteiger charge is -2.15. The Morgan fingerprint density at radius 3 is 2.56 bits per heavy atom. The van der Waals surface area contributed by atoms with Crippen molar-refractivity contribution in [2.45, 2.75) is 12.3 Å². The molecule has 1 aromatic carbocycles. The highest BCUT2D eigenvalue weighted by Gasteiger charge is 2.11. The summed E-state index contributed by atoms with van der Waals surface area (Å²) < 4.78 is 1.91. The van der Waals surface area contributed by atoms with E-state index in [4.69, 9.17) is 5.73 Å². The number of nitrogens with zero attached hydrogens (tertiary/aromatic N) is 2. The van der Waals surface area contributed by atoms with Crippen LogP contribution in [0, 0.1) is 0 Å². The molecule has 84 valence electrons. The second-order valence-electron chi connectivity index (χ2n) is 3.99. The summed E-state index contributed by atoms with van der Waals surface area (Å²) in [5, 5.41) is 4.17. The molecule has 2 aromatic rings. The van der Waals surface area contributed by atoms with Crippen LogP contribution < -0.4 is 5.73 Å². The predicted molar refractivity (Wildman–Crippen MR) is 65.1 cm³/mol. The molecule has 0 amide bonds. The number of hydrogen-bond donors (Lipinski definition) is 1. The van der Waals surface area contributed by atoms with Crippen LogP contribution in [0.25, 0.3) is 0 Å². The number of nitrogens with two attached hydrogens (primary N) is 1. The third kappa shape index (κ3) is 2.31. The highest BCUT2D eigenvalue weighted by atomic mass is 15.2. The van der Waals surface area contributed by atoms with Crippen molar-refractivity contribution in [2.24, 2.45) is 12.8 Å². The Balaban J connectivity index is 2.16. The van der Waals surface area contributed by atoms with E-state index >= 15 is 0 Å². The fourth-order valence-electron chi connectivity index (χ4n) is 1.92. The molecule has 0 saturated carbocycles. The third-order valence-corrected chi connectivity index (χ3v) is 2.93. The van der Waals surface area contributed by atoms with E-state index in [0.717, 1.165) is 6.42 Å². The minimum Gasteiger partial charge on any atom is -0.330 e. The predicted octanol–water partition coefficient (Wildman–Crippen LogP) is 1.71. The number of benzene rings is 1. The highest BCUT2D eigenvalue weighted by molar-refractivity contribution is 5.22. The Morgan fingerprint density at radius 1 is 1.25 bits per heavy atom. The quantitative estimate of drug-likeness (QED) is 0.843. The number of aromatic nitrogens is 2. The summed E-state index contributed by atoms with van der Waals surface area (Å²) in [7, 11) is 1.97. The van der Waals surface area contributed by atoms with Crippen molar-refractivity contribution in [3.63, 3.8) is 0 Å². The molecule has 1 unspecified atom stereocenters. The van der Waals surface area contributed by atoms with E-state index in [9.17, 15) is 0 Å². The Morgan fingerprint density at radius 2 is 2.00 bits per heavy atom. The second-order valence-corrected chi connectivity index (χ2v) is 3.99. The molecule has 2 N–H and O–H groups in total. The Kier molecular flexibility index (Phi) is 3.37. The van der Waals surface area contributed by atoms with Crippen LogP contribution in [0.4, 0.5) is 0 Å². The monoisotopic (exact) mass is 215 g/mol. The smallest absolute Gasteiger partial charge is 0.0492 e. The van der Waals surface area contributed by atoms with Crippen LogP contribution in [0.1, 0.15) is 17.2 Å². The van der Waals surface area contributed by atoms with Crippen molar-refractivity contribution >= 4 is 0 Å². The Hall–Kier alpha value is -1.61. The van der Waals surface area contributed by atoms with Crippen LogP contribution in [0.3, 0.4) is 0 Å². The largest absolute Gasteiger partial charge is 0.330 e. The number of rotatable bonds is 4. The molecular weight excluding hydrogens is 198 g/mol. The molecule has 0 radical (unpaired) electrons. The average Bonchev–Trinajstić information content (AvgIpc) is 2.73. The van der Waals surface area contributed by atoms with E-state index in [2.05, 4.69) is 29.4 Å². The normalized spacial score (nSPS) is 12.6. The molecule has 0 aliphatic rings. The molecule has 2 rings (SSSR count). The molecule has 0 bridgehead atoms. The van der Waals surface area contributed by atoms with Crippen molar-refractivity contribution in [1.29, 1.82) is 0 Å². The van der Waals surface area contributed by atoms with Crippen molar-refractivity contribution in [3.05, 3.63) is 53.9 Å². The maximum absolute atomic E-state index is 5.84. The molecule has 1 atom stereocenters. The van der Waals surface area contributed by atoms with Gasteiger partial charge in [0, 0.05) is 24.9 Å². The van der Waals surface area contributed by atoms with Crippen LogP contribution in [0.5, 0.6) is 0 Å². The molecule has 3 nitrogen and oxygen atoms in total. The van der Waals surface area contributed by atoms with Gasteiger partial charge in [-0.1, -0.05) is 30.3 Å². The summed E-state index contributed by atoms with van der Waals surface area (Å²) in [5.74, 6) is 0.372. The highest BCUT2D eigenvalue weighted by Crippen LogP contribution is 2.19. The van der Waals surface area contributed by atoms with E-state index in [0.29, 0.717) is 12.5 Å². The van der Waals surface area contributed by atoms with Gasteiger partial charge in [-0.25, -0.2) is 0 Å². The van der Waals surface area contributed by atoms with E-state index < -0.39 is 0 Å². The van der Waals surface area contributed by atoms with Crippen LogP contribution in [-0.2, 0) is 13.5 Å². The fraction of sp³-hybridized carbons (Fsp3) is 0.308. The van der Waals surface area contributed by atoms with Gasteiger partial charge in [-0.3, -0.25) is 4.68 Å². The van der Waals surface area contributed by atoms with Gasteiger partial charge in [0.15, 0.2) is 0 Å². The minimum absolute atomic E-state index is 0.372. The Labute approximate surface area is 95.9 Å². The molecule has 0 spiro atoms. The Bertz CT molecular complexity index is 433. The van der Waals surface area contributed by atoms with Gasteiger partial charge >= 0.3 is 0 Å². The zero-order valence-electron chi connectivity index (χ0n) is 9.50. The molecule has 0 aliphatic heterocycles. The van der Waals surface area contributed by atoms with Crippen LogP contribution >= 0.6 is 0 Å². The summed E-state index contributed by atoms with van der Waals surface area (Å²) in [6.45, 7) is 0.662. The summed E-state index contributed by atoms with van der Waals surface area (Å²) >= 11 is 0. The van der Waals surface area contributed by atoms with Crippen LogP contribution in [0.2, 0.25) is 0 Å². The van der Waals surface area contributed by atoms with E-state index in [-0.39, 0.29) is 0 Å². The first-order chi connectivity index (χ1) is 7.81. The fourth-order valence-corrected chi connectivity index (χ4v) is 1.92.